The van der Waals surface area contributed by atoms with E-state index in [1.54, 1.807) is 16.8 Å². The topological polar surface area (TPSA) is 66.6 Å². The van der Waals surface area contributed by atoms with Crippen LogP contribution in [0.15, 0.2) is 0 Å². The van der Waals surface area contributed by atoms with Crippen molar-refractivity contribution in [2.75, 3.05) is 26.7 Å². The second kappa shape index (κ2) is 8.59. The summed E-state index contributed by atoms with van der Waals surface area (Å²) in [4.78, 5) is 28.1. The first-order chi connectivity index (χ1) is 9.32. The van der Waals surface area contributed by atoms with Crippen LogP contribution in [0.25, 0.3) is 0 Å². The summed E-state index contributed by atoms with van der Waals surface area (Å²) in [6.45, 7) is 7.95. The van der Waals surface area contributed by atoms with Gasteiger partial charge in [0.1, 0.15) is 6.04 Å². The van der Waals surface area contributed by atoms with E-state index in [1.807, 2.05) is 20.8 Å². The molecule has 1 fully saturated rings. The lowest BCUT2D eigenvalue weighted by Crippen LogP contribution is -2.49. The average Bonchev–Trinajstić information content (AvgIpc) is 2.86. The van der Waals surface area contributed by atoms with Gasteiger partial charge < -0.3 is 15.5 Å². The Bertz CT molecular complexity index is 361. The van der Waals surface area contributed by atoms with Gasteiger partial charge in [0.05, 0.1) is 0 Å². The van der Waals surface area contributed by atoms with E-state index in [0.717, 1.165) is 19.3 Å². The lowest BCUT2D eigenvalue weighted by atomic mass is 9.93. The van der Waals surface area contributed by atoms with Gasteiger partial charge in [0, 0.05) is 26.6 Å². The molecule has 21 heavy (non-hydrogen) atoms. The lowest BCUT2D eigenvalue weighted by molar-refractivity contribution is -0.143. The quantitative estimate of drug-likeness (QED) is 0.809. The summed E-state index contributed by atoms with van der Waals surface area (Å²) >= 11 is 0. The van der Waals surface area contributed by atoms with Crippen molar-refractivity contribution >= 4 is 24.2 Å². The van der Waals surface area contributed by atoms with E-state index in [1.165, 1.54) is 0 Å². The number of halogens is 1. The molecule has 6 heteroatoms. The van der Waals surface area contributed by atoms with Crippen molar-refractivity contribution < 1.29 is 9.59 Å². The molecule has 2 N–H and O–H groups in total. The Hall–Kier alpha value is -0.810. The van der Waals surface area contributed by atoms with E-state index >= 15 is 0 Å². The molecule has 1 saturated heterocycles. The Morgan fingerprint density at radius 1 is 1.38 bits per heavy atom. The van der Waals surface area contributed by atoms with Gasteiger partial charge >= 0.3 is 0 Å². The van der Waals surface area contributed by atoms with Gasteiger partial charge in [-0.15, -0.1) is 12.4 Å². The monoisotopic (exact) mass is 319 g/mol. The van der Waals surface area contributed by atoms with Crippen molar-refractivity contribution in [1.29, 1.82) is 0 Å². The van der Waals surface area contributed by atoms with Crippen molar-refractivity contribution in [3.63, 3.8) is 0 Å². The van der Waals surface area contributed by atoms with Crippen LogP contribution >= 0.6 is 12.4 Å². The maximum absolute atomic E-state index is 12.5. The predicted molar refractivity (Wildman–Crippen MR) is 87.4 cm³/mol. The summed E-state index contributed by atoms with van der Waals surface area (Å²) in [5, 5.41) is 0. The van der Waals surface area contributed by atoms with Gasteiger partial charge in [-0.3, -0.25) is 9.59 Å². The number of amides is 2. The zero-order valence-corrected chi connectivity index (χ0v) is 14.5. The van der Waals surface area contributed by atoms with Crippen LogP contribution in [0.5, 0.6) is 0 Å². The SMILES string of the molecule is CCCC(=O)N1CCCC1C(=O)N(C)CC(C)(C)CN.Cl. The summed E-state index contributed by atoms with van der Waals surface area (Å²) in [7, 11) is 1.81. The highest BCUT2D eigenvalue weighted by Gasteiger charge is 2.36. The first-order valence-electron chi connectivity index (χ1n) is 7.57. The standard InChI is InChI=1S/C15H29N3O2.ClH/c1-5-7-13(19)18-9-6-8-12(18)14(20)17(4)11-15(2,3)10-16;/h12H,5-11,16H2,1-4H3;1H. The summed E-state index contributed by atoms with van der Waals surface area (Å²) < 4.78 is 0. The molecule has 0 aromatic carbocycles. The van der Waals surface area contributed by atoms with Crippen LogP contribution in [0.2, 0.25) is 0 Å². The second-order valence-corrected chi connectivity index (χ2v) is 6.56. The minimum absolute atomic E-state index is 0. The van der Waals surface area contributed by atoms with Crippen LogP contribution in [0.1, 0.15) is 46.5 Å². The third-order valence-corrected chi connectivity index (χ3v) is 3.92. The minimum atomic E-state index is -0.271. The molecule has 1 unspecified atom stereocenters. The number of nitrogens with zero attached hydrogens (tertiary/aromatic N) is 2. The molecule has 0 spiro atoms. The zero-order chi connectivity index (χ0) is 15.3. The van der Waals surface area contributed by atoms with Gasteiger partial charge in [0.2, 0.25) is 11.8 Å². The molecule has 0 aliphatic carbocycles. The molecule has 0 bridgehead atoms. The Kier molecular flexibility index (Phi) is 8.26. The first kappa shape index (κ1) is 20.2. The summed E-state index contributed by atoms with van der Waals surface area (Å²) in [6.07, 6.45) is 3.05. The molecular weight excluding hydrogens is 290 g/mol. The number of carbonyl (C=O) groups excluding carboxylic acids is 2. The fraction of sp³-hybridized carbons (Fsp3) is 0.867. The zero-order valence-electron chi connectivity index (χ0n) is 13.7. The van der Waals surface area contributed by atoms with Gasteiger partial charge in [-0.2, -0.15) is 0 Å². The van der Waals surface area contributed by atoms with Crippen molar-refractivity contribution in [2.45, 2.75) is 52.5 Å². The fourth-order valence-corrected chi connectivity index (χ4v) is 2.72. The normalized spacial score (nSPS) is 18.3. The Morgan fingerprint density at radius 2 is 2.00 bits per heavy atom. The molecule has 0 radical (unpaired) electrons. The number of hydrogen-bond acceptors (Lipinski definition) is 3. The van der Waals surface area contributed by atoms with Crippen LogP contribution in [0.3, 0.4) is 0 Å². The molecule has 1 aliphatic heterocycles. The number of hydrogen-bond donors (Lipinski definition) is 1. The number of rotatable bonds is 6. The molecule has 2 amide bonds. The number of carbonyl (C=O) groups is 2. The van der Waals surface area contributed by atoms with E-state index < -0.39 is 0 Å². The van der Waals surface area contributed by atoms with E-state index in [0.29, 0.717) is 26.1 Å². The van der Waals surface area contributed by atoms with Gasteiger partial charge in [-0.05, 0) is 31.2 Å². The molecule has 0 saturated carbocycles. The summed E-state index contributed by atoms with van der Waals surface area (Å²) in [5.74, 6) is 0.156. The number of likely N-dealkylation sites (tertiary alicyclic amines) is 1. The molecule has 1 aliphatic rings. The predicted octanol–water partition coefficient (Wildman–Crippen LogP) is 1.64. The highest BCUT2D eigenvalue weighted by molar-refractivity contribution is 5.88. The minimum Gasteiger partial charge on any atom is -0.343 e. The molecule has 1 heterocycles. The third kappa shape index (κ3) is 5.47. The average molecular weight is 320 g/mol. The van der Waals surface area contributed by atoms with Gasteiger partial charge in [0.25, 0.3) is 0 Å². The largest absolute Gasteiger partial charge is 0.343 e. The molecule has 5 nitrogen and oxygen atoms in total. The molecular formula is C15H30ClN3O2. The lowest BCUT2D eigenvalue weighted by Gasteiger charge is -2.33. The van der Waals surface area contributed by atoms with Gasteiger partial charge in [-0.25, -0.2) is 0 Å². The maximum atomic E-state index is 12.5. The molecule has 124 valence electrons. The van der Waals surface area contributed by atoms with Gasteiger partial charge in [-0.1, -0.05) is 20.8 Å². The Balaban J connectivity index is 0.00000400. The Labute approximate surface area is 134 Å². The van der Waals surface area contributed by atoms with Crippen molar-refractivity contribution in [1.82, 2.24) is 9.80 Å². The summed E-state index contributed by atoms with van der Waals surface area (Å²) in [6, 6.07) is -0.271. The first-order valence-corrected chi connectivity index (χ1v) is 7.57. The van der Waals surface area contributed by atoms with E-state index in [-0.39, 0.29) is 35.7 Å². The number of nitrogens with two attached hydrogens (primary N) is 1. The van der Waals surface area contributed by atoms with E-state index in [4.69, 9.17) is 5.73 Å². The van der Waals surface area contributed by atoms with E-state index in [2.05, 4.69) is 0 Å². The van der Waals surface area contributed by atoms with Crippen LogP contribution in [-0.4, -0.2) is 54.3 Å². The van der Waals surface area contributed by atoms with Crippen LogP contribution in [-0.2, 0) is 9.59 Å². The van der Waals surface area contributed by atoms with Crippen molar-refractivity contribution in [3.8, 4) is 0 Å². The third-order valence-electron chi connectivity index (χ3n) is 3.92. The maximum Gasteiger partial charge on any atom is 0.245 e. The van der Waals surface area contributed by atoms with Gasteiger partial charge in [0.15, 0.2) is 0 Å². The van der Waals surface area contributed by atoms with Crippen molar-refractivity contribution in [2.24, 2.45) is 11.1 Å². The fourth-order valence-electron chi connectivity index (χ4n) is 2.72. The number of likely N-dealkylation sites (N-methyl/N-ethyl adjacent to an activating group) is 1. The highest BCUT2D eigenvalue weighted by atomic mass is 35.5. The van der Waals surface area contributed by atoms with Crippen LogP contribution < -0.4 is 5.73 Å². The highest BCUT2D eigenvalue weighted by Crippen LogP contribution is 2.22. The smallest absolute Gasteiger partial charge is 0.245 e. The van der Waals surface area contributed by atoms with Crippen LogP contribution in [0.4, 0.5) is 0 Å². The second-order valence-electron chi connectivity index (χ2n) is 6.56. The van der Waals surface area contributed by atoms with Crippen LogP contribution in [0, 0.1) is 5.41 Å². The molecule has 1 atom stereocenters. The molecule has 0 aromatic rings. The molecule has 1 rings (SSSR count). The van der Waals surface area contributed by atoms with Crippen molar-refractivity contribution in [3.05, 3.63) is 0 Å². The Morgan fingerprint density at radius 3 is 2.52 bits per heavy atom. The summed E-state index contributed by atoms with van der Waals surface area (Å²) in [5.41, 5.74) is 5.62. The van der Waals surface area contributed by atoms with E-state index in [9.17, 15) is 9.59 Å². The molecule has 0 aromatic heterocycles.